The van der Waals surface area contributed by atoms with Crippen LogP contribution in [0.4, 0.5) is 0 Å². The van der Waals surface area contributed by atoms with Crippen LogP contribution in [-0.2, 0) is 13.0 Å². The molecule has 24 heavy (non-hydrogen) atoms. The number of aliphatic hydroxyl groups excluding tert-OH is 1. The minimum absolute atomic E-state index is 0.455. The number of rotatable bonds is 7. The minimum atomic E-state index is -0.458. The maximum atomic E-state index is 10.2. The van der Waals surface area contributed by atoms with E-state index in [1.54, 1.807) is 11.3 Å². The lowest BCUT2D eigenvalue weighted by molar-refractivity contribution is 0.177. The van der Waals surface area contributed by atoms with Gasteiger partial charge in [-0.2, -0.15) is 0 Å². The summed E-state index contributed by atoms with van der Waals surface area (Å²) < 4.78 is 0. The molecule has 0 bridgehead atoms. The second kappa shape index (κ2) is 9.39. The summed E-state index contributed by atoms with van der Waals surface area (Å²) in [6, 6.07) is 10.00. The number of hydrogen-bond acceptors (Lipinski definition) is 4. The van der Waals surface area contributed by atoms with Crippen molar-refractivity contribution < 1.29 is 5.11 Å². The van der Waals surface area contributed by atoms with Crippen molar-refractivity contribution in [2.45, 2.75) is 39.8 Å². The van der Waals surface area contributed by atoms with Gasteiger partial charge in [0.2, 0.25) is 0 Å². The fourth-order valence-corrected chi connectivity index (χ4v) is 3.13. The molecule has 6 heteroatoms. The lowest BCUT2D eigenvalue weighted by Gasteiger charge is -2.15. The summed E-state index contributed by atoms with van der Waals surface area (Å²) in [4.78, 5) is 10.3. The maximum absolute atomic E-state index is 10.2. The fourth-order valence-electron chi connectivity index (χ4n) is 2.27. The molecule has 0 aliphatic heterocycles. The van der Waals surface area contributed by atoms with Crippen LogP contribution >= 0.6 is 11.3 Å². The number of aliphatic hydroxyl groups is 1. The third kappa shape index (κ3) is 5.94. The summed E-state index contributed by atoms with van der Waals surface area (Å²) in [6.45, 7) is 7.89. The van der Waals surface area contributed by atoms with Crippen molar-refractivity contribution in [1.82, 2.24) is 15.6 Å². The van der Waals surface area contributed by atoms with Gasteiger partial charge >= 0.3 is 0 Å². The van der Waals surface area contributed by atoms with E-state index in [1.165, 1.54) is 4.88 Å². The second-order valence-corrected chi connectivity index (χ2v) is 6.96. The molecule has 1 heterocycles. The van der Waals surface area contributed by atoms with Crippen LogP contribution in [-0.4, -0.2) is 35.2 Å². The Morgan fingerprint density at radius 1 is 1.25 bits per heavy atom. The van der Waals surface area contributed by atoms with Gasteiger partial charge in [0.15, 0.2) is 5.96 Å². The summed E-state index contributed by atoms with van der Waals surface area (Å²) in [5.41, 5.74) is 2.20. The highest BCUT2D eigenvalue weighted by molar-refractivity contribution is 7.11. The zero-order chi connectivity index (χ0) is 17.4. The van der Waals surface area contributed by atoms with E-state index in [0.717, 1.165) is 22.8 Å². The predicted molar refractivity (Wildman–Crippen MR) is 101 cm³/mol. The second-order valence-electron chi connectivity index (χ2n) is 5.67. The quantitative estimate of drug-likeness (QED) is 0.532. The van der Waals surface area contributed by atoms with Crippen molar-refractivity contribution in [3.05, 3.63) is 51.5 Å². The van der Waals surface area contributed by atoms with E-state index in [1.807, 2.05) is 44.2 Å². The molecule has 0 saturated heterocycles. The highest BCUT2D eigenvalue weighted by Gasteiger charge is 2.08. The van der Waals surface area contributed by atoms with Crippen LogP contribution in [0.25, 0.3) is 0 Å². The molecular formula is C18H26N4OS. The Morgan fingerprint density at radius 2 is 2.00 bits per heavy atom. The van der Waals surface area contributed by atoms with E-state index in [0.29, 0.717) is 25.5 Å². The van der Waals surface area contributed by atoms with Gasteiger partial charge in [0.1, 0.15) is 5.01 Å². The van der Waals surface area contributed by atoms with Crippen LogP contribution in [0.1, 0.15) is 28.1 Å². The lowest BCUT2D eigenvalue weighted by Crippen LogP contribution is -2.41. The van der Waals surface area contributed by atoms with Crippen molar-refractivity contribution in [3.8, 4) is 0 Å². The molecule has 0 fully saturated rings. The molecule has 2 rings (SSSR count). The standard InChI is InChI=1S/C18H26N4OS/c1-4-19-18(21-12-17-22-13(2)14(3)24-17)20-11-16(23)10-15-8-6-5-7-9-15/h5-9,16,23H,4,10-12H2,1-3H3,(H2,19,20,21). The molecule has 1 aromatic heterocycles. The van der Waals surface area contributed by atoms with Gasteiger partial charge < -0.3 is 15.7 Å². The zero-order valence-corrected chi connectivity index (χ0v) is 15.4. The van der Waals surface area contributed by atoms with Gasteiger partial charge in [-0.25, -0.2) is 9.98 Å². The smallest absolute Gasteiger partial charge is 0.191 e. The highest BCUT2D eigenvalue weighted by atomic mass is 32.1. The van der Waals surface area contributed by atoms with Crippen LogP contribution in [0.3, 0.4) is 0 Å². The summed E-state index contributed by atoms with van der Waals surface area (Å²) >= 11 is 1.68. The molecule has 0 radical (unpaired) electrons. The fraction of sp³-hybridized carbons (Fsp3) is 0.444. The van der Waals surface area contributed by atoms with Crippen LogP contribution in [0.5, 0.6) is 0 Å². The number of nitrogens with one attached hydrogen (secondary N) is 2. The van der Waals surface area contributed by atoms with Crippen LogP contribution in [0.15, 0.2) is 35.3 Å². The SMILES string of the molecule is CCNC(=NCc1nc(C)c(C)s1)NCC(O)Cc1ccccc1. The van der Waals surface area contributed by atoms with E-state index in [9.17, 15) is 5.11 Å². The number of thiazole rings is 1. The van der Waals surface area contributed by atoms with Crippen molar-refractivity contribution >= 4 is 17.3 Å². The number of aliphatic imine (C=N–C) groups is 1. The Labute approximate surface area is 147 Å². The first-order valence-corrected chi connectivity index (χ1v) is 9.07. The van der Waals surface area contributed by atoms with Crippen molar-refractivity contribution in [3.63, 3.8) is 0 Å². The maximum Gasteiger partial charge on any atom is 0.191 e. The molecule has 5 nitrogen and oxygen atoms in total. The Kier molecular flexibility index (Phi) is 7.21. The molecule has 130 valence electrons. The van der Waals surface area contributed by atoms with Gasteiger partial charge in [-0.1, -0.05) is 30.3 Å². The Hall–Kier alpha value is -1.92. The molecule has 3 N–H and O–H groups in total. The van der Waals surface area contributed by atoms with Crippen LogP contribution in [0.2, 0.25) is 0 Å². The van der Waals surface area contributed by atoms with Crippen molar-refractivity contribution in [1.29, 1.82) is 0 Å². The van der Waals surface area contributed by atoms with Gasteiger partial charge in [0, 0.05) is 24.4 Å². The number of aryl methyl sites for hydroxylation is 2. The van der Waals surface area contributed by atoms with Crippen molar-refractivity contribution in [2.75, 3.05) is 13.1 Å². The molecule has 0 aliphatic carbocycles. The van der Waals surface area contributed by atoms with Gasteiger partial charge in [0.05, 0.1) is 18.3 Å². The summed E-state index contributed by atoms with van der Waals surface area (Å²) in [6.07, 6.45) is 0.165. The Balaban J connectivity index is 1.86. The van der Waals surface area contributed by atoms with Crippen LogP contribution in [0, 0.1) is 13.8 Å². The monoisotopic (exact) mass is 346 g/mol. The van der Waals surface area contributed by atoms with Gasteiger partial charge in [-0.05, 0) is 26.3 Å². The van der Waals surface area contributed by atoms with Crippen molar-refractivity contribution in [2.24, 2.45) is 4.99 Å². The average Bonchev–Trinajstić information content (AvgIpc) is 2.89. The molecule has 2 aromatic rings. The molecule has 0 spiro atoms. The molecule has 0 amide bonds. The van der Waals surface area contributed by atoms with E-state index in [4.69, 9.17) is 0 Å². The number of benzene rings is 1. The topological polar surface area (TPSA) is 69.5 Å². The largest absolute Gasteiger partial charge is 0.391 e. The Morgan fingerprint density at radius 3 is 2.62 bits per heavy atom. The first-order valence-electron chi connectivity index (χ1n) is 8.25. The van der Waals surface area contributed by atoms with Crippen LogP contribution < -0.4 is 10.6 Å². The normalized spacial score (nSPS) is 12.9. The summed E-state index contributed by atoms with van der Waals surface area (Å²) in [5.74, 6) is 0.704. The number of hydrogen-bond donors (Lipinski definition) is 3. The van der Waals surface area contributed by atoms with Gasteiger partial charge in [-0.15, -0.1) is 11.3 Å². The third-order valence-corrected chi connectivity index (χ3v) is 4.67. The first kappa shape index (κ1) is 18.4. The molecule has 0 saturated carbocycles. The van der Waals surface area contributed by atoms with Gasteiger partial charge in [-0.3, -0.25) is 0 Å². The molecule has 1 atom stereocenters. The van der Waals surface area contributed by atoms with Gasteiger partial charge in [0.25, 0.3) is 0 Å². The minimum Gasteiger partial charge on any atom is -0.391 e. The molecule has 1 unspecified atom stereocenters. The third-order valence-electron chi connectivity index (χ3n) is 3.61. The molecule has 0 aliphatic rings. The number of nitrogens with zero attached hydrogens (tertiary/aromatic N) is 2. The number of aromatic nitrogens is 1. The highest BCUT2D eigenvalue weighted by Crippen LogP contribution is 2.16. The predicted octanol–water partition coefficient (Wildman–Crippen LogP) is 2.42. The first-order chi connectivity index (χ1) is 11.6. The lowest BCUT2D eigenvalue weighted by atomic mass is 10.1. The summed E-state index contributed by atoms with van der Waals surface area (Å²) in [5, 5.41) is 17.6. The summed E-state index contributed by atoms with van der Waals surface area (Å²) in [7, 11) is 0. The molecular weight excluding hydrogens is 320 g/mol. The molecule has 1 aromatic carbocycles. The average molecular weight is 347 g/mol. The van der Waals surface area contributed by atoms with E-state index >= 15 is 0 Å². The zero-order valence-electron chi connectivity index (χ0n) is 14.5. The van der Waals surface area contributed by atoms with E-state index < -0.39 is 6.10 Å². The van der Waals surface area contributed by atoms with E-state index in [2.05, 4.69) is 27.5 Å². The van der Waals surface area contributed by atoms with E-state index in [-0.39, 0.29) is 0 Å². The number of guanidine groups is 1. The Bertz CT molecular complexity index is 635.